The molecule has 4 aliphatic rings. The van der Waals surface area contributed by atoms with Crippen LogP contribution in [-0.4, -0.2) is 249 Å². The number of aliphatic carboxylic acids is 2. The molecule has 0 radical (unpaired) electrons. The van der Waals surface area contributed by atoms with Crippen LogP contribution < -0.4 is 4.72 Å². The second kappa shape index (κ2) is 21.2. The monoisotopic (exact) mass is 1070 g/mol. The predicted octanol–water partition coefficient (Wildman–Crippen LogP) is -9.97. The molecule has 0 bridgehead atoms. The zero-order valence-electron chi connectivity index (χ0n) is 31.7. The Morgan fingerprint density at radius 1 is 0.500 bits per heavy atom. The second-order valence-corrected chi connectivity index (χ2v) is 19.1. The van der Waals surface area contributed by atoms with E-state index in [1.54, 1.807) is 0 Å². The van der Waals surface area contributed by atoms with Gasteiger partial charge in [0, 0.05) is 0 Å². The fraction of sp³-hybridized carbons (Fsp3) is 0.875. The lowest BCUT2D eigenvalue weighted by Crippen LogP contribution is -2.70. The van der Waals surface area contributed by atoms with Crippen molar-refractivity contribution in [1.29, 1.82) is 0 Å². The van der Waals surface area contributed by atoms with Crippen molar-refractivity contribution in [2.24, 2.45) is 0 Å². The van der Waals surface area contributed by atoms with Crippen LogP contribution in [0.25, 0.3) is 0 Å². The van der Waals surface area contributed by atoms with Crippen molar-refractivity contribution in [3.63, 3.8) is 0 Å². The molecular formula is C24H37NO36S5. The maximum absolute atomic E-state index is 12.6. The molecule has 4 fully saturated rings. The van der Waals surface area contributed by atoms with Crippen LogP contribution in [0.4, 0.5) is 0 Å². The van der Waals surface area contributed by atoms with Crippen LogP contribution in [0.5, 0.6) is 0 Å². The number of ether oxygens (including phenoxy) is 7. The summed E-state index contributed by atoms with van der Waals surface area (Å²) >= 11 is 0. The second-order valence-electron chi connectivity index (χ2n) is 13.6. The van der Waals surface area contributed by atoms with Crippen LogP contribution >= 0.6 is 0 Å². The third-order valence-electron chi connectivity index (χ3n) is 9.12. The number of aliphatic hydroxyl groups excluding tert-OH is 5. The number of carboxylic acid groups (broad SMARTS) is 2. The first-order valence-electron chi connectivity index (χ1n) is 17.2. The Hall–Kier alpha value is -2.52. The summed E-state index contributed by atoms with van der Waals surface area (Å²) in [6.45, 7) is -3.01. The summed E-state index contributed by atoms with van der Waals surface area (Å²) in [4.78, 5) is 35.9. The smallest absolute Gasteiger partial charge is 0.397 e. The zero-order valence-corrected chi connectivity index (χ0v) is 35.7. The van der Waals surface area contributed by atoms with E-state index >= 15 is 0 Å². The van der Waals surface area contributed by atoms with Crippen molar-refractivity contribution in [2.45, 2.75) is 116 Å². The van der Waals surface area contributed by atoms with Crippen LogP contribution in [0.2, 0.25) is 0 Å². The minimum absolute atomic E-state index is 0.0883. The van der Waals surface area contributed by atoms with Crippen LogP contribution in [0.3, 0.4) is 0 Å². The highest BCUT2D eigenvalue weighted by molar-refractivity contribution is 7.83. The van der Waals surface area contributed by atoms with Crippen molar-refractivity contribution in [3.05, 3.63) is 0 Å². The van der Waals surface area contributed by atoms with E-state index in [4.69, 9.17) is 37.7 Å². The summed E-state index contributed by atoms with van der Waals surface area (Å²) in [5.41, 5.74) is 0. The molecule has 4 heterocycles. The molecule has 0 aromatic rings. The number of rotatable bonds is 21. The number of carbonyl (C=O) groups excluding carboxylic acids is 1. The molecule has 0 aliphatic carbocycles. The molecule has 0 aromatic heterocycles. The zero-order chi connectivity index (χ0) is 50.2. The molecule has 4 rings (SSSR count). The van der Waals surface area contributed by atoms with E-state index in [-0.39, 0.29) is 6.29 Å². The van der Waals surface area contributed by atoms with Crippen molar-refractivity contribution >= 4 is 70.1 Å². The maximum Gasteiger partial charge on any atom is 0.397 e. The minimum Gasteiger partial charge on any atom is -0.479 e. The standard InChI is InChI=1S/C24H37NO36S5/c26-1-4-8(27)13(5(53-4)2-51-63(39,40)41)55-24-18(61-66(48,49)50)12(31)15(19(59-24)21(34)35)57-22-7(25-62(36,37)38)9(28)14(6(54-22)3-52-64(42,43)44)56-23-17(60-65(45,46)47)11(30)10(29)16(58-23)20(32)33/h1,4-19,22-25,27-31H,2-3H2,(H,32,33)(H,34,35)(H,36,37,38)(H,39,40,41)(H,42,43,44)(H,45,46,47)(H,48,49,50)/t4-,5-,6-,7-,8-,9-,10+,11+,12+,13-,14-,15+,16-,17-,18-,19-,22-,23-,24-/m1/s1. The van der Waals surface area contributed by atoms with Crippen molar-refractivity contribution in [3.8, 4) is 0 Å². The summed E-state index contributed by atoms with van der Waals surface area (Å²) < 4.78 is 218. The van der Waals surface area contributed by atoms with Gasteiger partial charge in [-0.3, -0.25) is 22.8 Å². The predicted molar refractivity (Wildman–Crippen MR) is 187 cm³/mol. The fourth-order valence-corrected chi connectivity index (χ4v) is 8.69. The summed E-state index contributed by atoms with van der Waals surface area (Å²) in [7, 11) is -28.3. The molecule has 0 unspecified atom stereocenters. The molecule has 42 heteroatoms. The maximum atomic E-state index is 12.6. The number of carboxylic acids is 2. The highest BCUT2D eigenvalue weighted by atomic mass is 32.3. The Balaban J connectivity index is 1.78. The van der Waals surface area contributed by atoms with E-state index < -0.39 is 194 Å². The first-order valence-corrected chi connectivity index (χ1v) is 24.1. The average molecular weight is 1080 g/mol. The molecule has 0 saturated carbocycles. The molecule has 13 N–H and O–H groups in total. The van der Waals surface area contributed by atoms with Gasteiger partial charge in [-0.25, -0.2) is 26.3 Å². The Kier molecular flexibility index (Phi) is 18.0. The summed E-state index contributed by atoms with van der Waals surface area (Å²) in [5.74, 6) is -4.41. The molecule has 384 valence electrons. The first-order chi connectivity index (χ1) is 30.0. The minimum atomic E-state index is -5.88. The lowest BCUT2D eigenvalue weighted by molar-refractivity contribution is -0.361. The highest BCUT2D eigenvalue weighted by Crippen LogP contribution is 2.37. The van der Waals surface area contributed by atoms with Gasteiger partial charge in [-0.1, -0.05) is 0 Å². The lowest BCUT2D eigenvalue weighted by atomic mass is 9.95. The summed E-state index contributed by atoms with van der Waals surface area (Å²) in [6.07, 6.45) is -47.3. The molecule has 37 nitrogen and oxygen atoms in total. The van der Waals surface area contributed by atoms with Gasteiger partial charge >= 0.3 is 63.8 Å². The molecule has 4 saturated heterocycles. The van der Waals surface area contributed by atoms with E-state index in [0.717, 1.165) is 0 Å². The van der Waals surface area contributed by atoms with E-state index in [1.165, 1.54) is 4.72 Å². The number of aldehydes is 1. The van der Waals surface area contributed by atoms with Crippen LogP contribution in [0.1, 0.15) is 0 Å². The third-order valence-corrected chi connectivity index (χ3v) is 11.5. The normalized spacial score (nSPS) is 39.6. The van der Waals surface area contributed by atoms with Gasteiger partial charge in [0.05, 0.1) is 13.2 Å². The van der Waals surface area contributed by atoms with Gasteiger partial charge in [-0.2, -0.15) is 46.8 Å². The van der Waals surface area contributed by atoms with E-state index in [9.17, 15) is 110 Å². The Labute approximate surface area is 368 Å². The molecular weight excluding hydrogens is 1040 g/mol. The van der Waals surface area contributed by atoms with Gasteiger partial charge in [-0.15, -0.1) is 0 Å². The van der Waals surface area contributed by atoms with Gasteiger partial charge in [0.25, 0.3) is 0 Å². The van der Waals surface area contributed by atoms with Crippen LogP contribution in [0, 0.1) is 0 Å². The van der Waals surface area contributed by atoms with Crippen molar-refractivity contribution < 1.29 is 165 Å². The van der Waals surface area contributed by atoms with Gasteiger partial charge in [0.15, 0.2) is 49.6 Å². The van der Waals surface area contributed by atoms with Crippen molar-refractivity contribution in [2.75, 3.05) is 13.2 Å². The molecule has 19 atom stereocenters. The van der Waals surface area contributed by atoms with E-state index in [1.807, 2.05) is 0 Å². The average Bonchev–Trinajstić information content (AvgIpc) is 3.45. The molecule has 0 amide bonds. The first kappa shape index (κ1) is 56.1. The fourth-order valence-electron chi connectivity index (χ4n) is 6.51. The van der Waals surface area contributed by atoms with Crippen molar-refractivity contribution in [1.82, 2.24) is 4.72 Å². The molecule has 0 aromatic carbocycles. The molecule has 66 heavy (non-hydrogen) atoms. The topological polar surface area (TPSA) is 578 Å². The summed E-state index contributed by atoms with van der Waals surface area (Å²) in [6, 6.07) is -2.78. The van der Waals surface area contributed by atoms with Crippen LogP contribution in [-0.2, 0) is 116 Å². The van der Waals surface area contributed by atoms with E-state index in [0.29, 0.717) is 0 Å². The van der Waals surface area contributed by atoms with Gasteiger partial charge in [0.1, 0.15) is 73.2 Å². The van der Waals surface area contributed by atoms with Gasteiger partial charge < -0.3 is 73.7 Å². The Morgan fingerprint density at radius 2 is 0.924 bits per heavy atom. The van der Waals surface area contributed by atoms with Crippen LogP contribution in [0.15, 0.2) is 0 Å². The van der Waals surface area contributed by atoms with Gasteiger partial charge in [0.2, 0.25) is 0 Å². The number of carbonyl (C=O) groups is 3. The quantitative estimate of drug-likeness (QED) is 0.0375. The molecule has 4 aliphatic heterocycles. The lowest BCUT2D eigenvalue weighted by Gasteiger charge is -2.49. The van der Waals surface area contributed by atoms with Gasteiger partial charge in [-0.05, 0) is 0 Å². The summed E-state index contributed by atoms with van der Waals surface area (Å²) in [5, 5.41) is 73.8. The third kappa shape index (κ3) is 15.0. The molecule has 0 spiro atoms. The van der Waals surface area contributed by atoms with E-state index in [2.05, 4.69) is 16.7 Å². The number of aliphatic hydroxyl groups is 5. The number of nitrogens with one attached hydrogen (secondary N) is 1. The number of hydrogen-bond donors (Lipinski definition) is 13. The number of hydrogen-bond acceptors (Lipinski definition) is 29. The Morgan fingerprint density at radius 3 is 1.35 bits per heavy atom. The Bertz CT molecular complexity index is 2310. The SMILES string of the molecule is O=C[C@H]1O[C@H](COS(=O)(=O)O)[C@@H](O[C@@H]2O[C@@H](C(=O)O)[C@@H](O[C@H]3O[C@H](COS(=O)(=O)O)[C@@H](O[C@@H]4O[C@@H](C(=O)O)[C@@H](O)[C@H](O)[C@H]4OS(=O)(=O)O)[C@H](O)[C@H]3NS(=O)(=O)O)[C@H](O)[C@H]2OS(=O)(=O)O)[C@@H]1O. The highest BCUT2D eigenvalue weighted by Gasteiger charge is 2.59. The largest absolute Gasteiger partial charge is 0.479 e.